The quantitative estimate of drug-likeness (QED) is 0.554. The van der Waals surface area contributed by atoms with Crippen molar-refractivity contribution in [1.82, 2.24) is 0 Å². The Morgan fingerprint density at radius 2 is 1.78 bits per heavy atom. The number of nitrogens with zero attached hydrogens (tertiary/aromatic N) is 1. The molecule has 1 amide bonds. The summed E-state index contributed by atoms with van der Waals surface area (Å²) in [7, 11) is 4.73. The largest absolute Gasteiger partial charge is 0.493 e. The van der Waals surface area contributed by atoms with E-state index in [1.54, 1.807) is 38.4 Å². The molecule has 0 radical (unpaired) electrons. The number of methoxy groups -OCH3 is 2. The average molecular weight is 369 g/mol. The van der Waals surface area contributed by atoms with E-state index in [-0.39, 0.29) is 12.5 Å². The van der Waals surface area contributed by atoms with Gasteiger partial charge >= 0.3 is 5.97 Å². The number of aryl methyl sites for hydroxylation is 1. The van der Waals surface area contributed by atoms with Gasteiger partial charge in [0, 0.05) is 18.8 Å². The molecule has 142 valence electrons. The van der Waals surface area contributed by atoms with Gasteiger partial charge in [-0.05, 0) is 48.4 Å². The van der Waals surface area contributed by atoms with Gasteiger partial charge in [-0.15, -0.1) is 0 Å². The van der Waals surface area contributed by atoms with Crippen molar-refractivity contribution < 1.29 is 23.8 Å². The van der Waals surface area contributed by atoms with Gasteiger partial charge in [0.1, 0.15) is 0 Å². The Morgan fingerprint density at radius 3 is 2.44 bits per heavy atom. The van der Waals surface area contributed by atoms with Crippen molar-refractivity contribution in [3.63, 3.8) is 0 Å². The number of ether oxygens (including phenoxy) is 3. The second-order valence-corrected chi connectivity index (χ2v) is 5.85. The predicted octanol–water partition coefficient (Wildman–Crippen LogP) is 3.23. The number of amides is 1. The summed E-state index contributed by atoms with van der Waals surface area (Å²) in [6.07, 6.45) is 2.85. The molecule has 6 heteroatoms. The first-order valence-electron chi connectivity index (χ1n) is 8.34. The van der Waals surface area contributed by atoms with E-state index in [9.17, 15) is 9.59 Å². The molecule has 0 aliphatic rings. The van der Waals surface area contributed by atoms with Gasteiger partial charge in [0.15, 0.2) is 18.1 Å². The van der Waals surface area contributed by atoms with Gasteiger partial charge in [0.2, 0.25) is 0 Å². The lowest BCUT2D eigenvalue weighted by Gasteiger charge is -2.17. The molecule has 0 atom stereocenters. The highest BCUT2D eigenvalue weighted by molar-refractivity contribution is 5.96. The number of likely N-dealkylation sites (N-methyl/N-ethyl adjacent to an activating group) is 1. The van der Waals surface area contributed by atoms with E-state index in [0.29, 0.717) is 11.5 Å². The van der Waals surface area contributed by atoms with Crippen LogP contribution in [0.15, 0.2) is 48.5 Å². The molecular formula is C21H23NO5. The summed E-state index contributed by atoms with van der Waals surface area (Å²) < 4.78 is 15.4. The lowest BCUT2D eigenvalue weighted by atomic mass is 10.2. The van der Waals surface area contributed by atoms with E-state index in [1.807, 2.05) is 31.2 Å². The highest BCUT2D eigenvalue weighted by Crippen LogP contribution is 2.27. The van der Waals surface area contributed by atoms with Crippen molar-refractivity contribution in [3.05, 3.63) is 59.7 Å². The average Bonchev–Trinajstić information content (AvgIpc) is 2.69. The predicted molar refractivity (Wildman–Crippen MR) is 104 cm³/mol. The first-order chi connectivity index (χ1) is 12.9. The van der Waals surface area contributed by atoms with Crippen LogP contribution in [0, 0.1) is 6.92 Å². The number of hydrogen-bond acceptors (Lipinski definition) is 5. The second-order valence-electron chi connectivity index (χ2n) is 5.85. The zero-order chi connectivity index (χ0) is 19.8. The van der Waals surface area contributed by atoms with Crippen LogP contribution in [0.5, 0.6) is 11.5 Å². The van der Waals surface area contributed by atoms with Crippen LogP contribution in [0.2, 0.25) is 0 Å². The van der Waals surface area contributed by atoms with Crippen LogP contribution in [0.25, 0.3) is 6.08 Å². The van der Waals surface area contributed by atoms with E-state index in [2.05, 4.69) is 0 Å². The van der Waals surface area contributed by atoms with Crippen LogP contribution in [-0.4, -0.2) is 39.8 Å². The number of hydrogen-bond donors (Lipinski definition) is 0. The molecule has 27 heavy (non-hydrogen) atoms. The SMILES string of the molecule is COc1ccc(C=CC(=O)OCC(=O)N(C)c2cccc(C)c2)cc1OC. The monoisotopic (exact) mass is 369 g/mol. The number of rotatable bonds is 7. The van der Waals surface area contributed by atoms with Crippen LogP contribution >= 0.6 is 0 Å². The van der Waals surface area contributed by atoms with Crippen molar-refractivity contribution in [2.24, 2.45) is 0 Å². The summed E-state index contributed by atoms with van der Waals surface area (Å²) in [5, 5.41) is 0. The molecule has 0 fully saturated rings. The van der Waals surface area contributed by atoms with Crippen LogP contribution in [0.3, 0.4) is 0 Å². The normalized spacial score (nSPS) is 10.5. The zero-order valence-corrected chi connectivity index (χ0v) is 15.9. The Kier molecular flexibility index (Phi) is 7.00. The molecular weight excluding hydrogens is 346 g/mol. The Morgan fingerprint density at radius 1 is 1.04 bits per heavy atom. The standard InChI is InChI=1S/C21H23NO5/c1-15-6-5-7-17(12-15)22(2)20(23)14-27-21(24)11-9-16-8-10-18(25-3)19(13-16)26-4/h5-13H,14H2,1-4H3. The van der Waals surface area contributed by atoms with Gasteiger partial charge in [-0.2, -0.15) is 0 Å². The lowest BCUT2D eigenvalue weighted by Crippen LogP contribution is -2.30. The Labute approximate surface area is 159 Å². The maximum Gasteiger partial charge on any atom is 0.331 e. The summed E-state index contributed by atoms with van der Waals surface area (Å²) in [5.41, 5.74) is 2.53. The minimum absolute atomic E-state index is 0.312. The van der Waals surface area contributed by atoms with Crippen LogP contribution in [-0.2, 0) is 14.3 Å². The van der Waals surface area contributed by atoms with Crippen molar-refractivity contribution in [2.45, 2.75) is 6.92 Å². The fourth-order valence-corrected chi connectivity index (χ4v) is 2.38. The third kappa shape index (κ3) is 5.60. The maximum atomic E-state index is 12.2. The van der Waals surface area contributed by atoms with Gasteiger partial charge in [0.25, 0.3) is 5.91 Å². The minimum atomic E-state index is -0.601. The van der Waals surface area contributed by atoms with Gasteiger partial charge in [-0.25, -0.2) is 4.79 Å². The second kappa shape index (κ2) is 9.43. The number of benzene rings is 2. The highest BCUT2D eigenvalue weighted by Gasteiger charge is 2.13. The molecule has 2 aromatic carbocycles. The lowest BCUT2D eigenvalue weighted by molar-refractivity contribution is -0.142. The number of anilines is 1. The molecule has 0 saturated heterocycles. The molecule has 0 saturated carbocycles. The summed E-state index contributed by atoms with van der Waals surface area (Å²) in [6, 6.07) is 12.8. The fourth-order valence-electron chi connectivity index (χ4n) is 2.38. The first kappa shape index (κ1) is 20.0. The molecule has 0 aromatic heterocycles. The molecule has 2 aromatic rings. The molecule has 2 rings (SSSR count). The van der Waals surface area contributed by atoms with Crippen LogP contribution in [0.1, 0.15) is 11.1 Å². The molecule has 0 unspecified atom stereocenters. The van der Waals surface area contributed by atoms with E-state index in [1.165, 1.54) is 18.1 Å². The smallest absolute Gasteiger partial charge is 0.331 e. The summed E-state index contributed by atoms with van der Waals surface area (Å²) in [4.78, 5) is 25.5. The summed E-state index contributed by atoms with van der Waals surface area (Å²) in [6.45, 7) is 1.61. The third-order valence-electron chi connectivity index (χ3n) is 3.92. The van der Waals surface area contributed by atoms with Gasteiger partial charge in [0.05, 0.1) is 14.2 Å². The molecule has 0 aliphatic carbocycles. The van der Waals surface area contributed by atoms with E-state index in [4.69, 9.17) is 14.2 Å². The topological polar surface area (TPSA) is 65.1 Å². The van der Waals surface area contributed by atoms with Gasteiger partial charge in [-0.1, -0.05) is 18.2 Å². The number of carbonyl (C=O) groups is 2. The fraction of sp³-hybridized carbons (Fsp3) is 0.238. The van der Waals surface area contributed by atoms with Crippen molar-refractivity contribution in [2.75, 3.05) is 32.8 Å². The van der Waals surface area contributed by atoms with E-state index in [0.717, 1.165) is 16.8 Å². The molecule has 0 bridgehead atoms. The van der Waals surface area contributed by atoms with E-state index < -0.39 is 5.97 Å². The maximum absolute atomic E-state index is 12.2. The van der Waals surface area contributed by atoms with Crippen LogP contribution in [0.4, 0.5) is 5.69 Å². The zero-order valence-electron chi connectivity index (χ0n) is 15.9. The molecule has 0 heterocycles. The third-order valence-corrected chi connectivity index (χ3v) is 3.92. The molecule has 6 nitrogen and oxygen atoms in total. The van der Waals surface area contributed by atoms with Crippen molar-refractivity contribution in [1.29, 1.82) is 0 Å². The van der Waals surface area contributed by atoms with Crippen LogP contribution < -0.4 is 14.4 Å². The minimum Gasteiger partial charge on any atom is -0.493 e. The van der Waals surface area contributed by atoms with Crippen molar-refractivity contribution >= 4 is 23.6 Å². The van der Waals surface area contributed by atoms with Gasteiger partial charge in [-0.3, -0.25) is 4.79 Å². The highest BCUT2D eigenvalue weighted by atomic mass is 16.5. The Bertz CT molecular complexity index is 844. The number of carbonyl (C=O) groups excluding carboxylic acids is 2. The van der Waals surface area contributed by atoms with E-state index >= 15 is 0 Å². The first-order valence-corrected chi connectivity index (χ1v) is 8.34. The molecule has 0 spiro atoms. The number of esters is 1. The van der Waals surface area contributed by atoms with Gasteiger partial charge < -0.3 is 19.1 Å². The van der Waals surface area contributed by atoms with Crippen molar-refractivity contribution in [3.8, 4) is 11.5 Å². The molecule has 0 N–H and O–H groups in total. The Balaban J connectivity index is 1.92. The molecule has 0 aliphatic heterocycles. The Hall–Kier alpha value is -3.28. The summed E-state index contributed by atoms with van der Waals surface area (Å²) in [5.74, 6) is 0.245. The summed E-state index contributed by atoms with van der Waals surface area (Å²) >= 11 is 0.